The van der Waals surface area contributed by atoms with Crippen molar-refractivity contribution < 1.29 is 31.1 Å². The van der Waals surface area contributed by atoms with Crippen LogP contribution in [0.4, 0.5) is 26.3 Å². The first-order valence-electron chi connectivity index (χ1n) is 8.07. The lowest BCUT2D eigenvalue weighted by Crippen LogP contribution is -2.18. The third kappa shape index (κ3) is 4.86. The summed E-state index contributed by atoms with van der Waals surface area (Å²) in [7, 11) is 0. The first-order valence-corrected chi connectivity index (χ1v) is 8.97. The number of hydrogen-bond acceptors (Lipinski definition) is 3. The molecule has 1 nitrogen and oxygen atoms in total. The number of ketones is 1. The Morgan fingerprint density at radius 1 is 0.750 bits per heavy atom. The molecule has 0 fully saturated rings. The lowest BCUT2D eigenvalue weighted by Gasteiger charge is -2.20. The van der Waals surface area contributed by atoms with Gasteiger partial charge in [-0.15, -0.1) is 25.3 Å². The molecule has 9 heteroatoms. The van der Waals surface area contributed by atoms with Gasteiger partial charge in [0.2, 0.25) is 0 Å². The topological polar surface area (TPSA) is 17.1 Å². The Kier molecular flexibility index (Phi) is 6.50. The fraction of sp³-hybridized carbons (Fsp3) is 0.316. The Labute approximate surface area is 169 Å². The molecule has 2 unspecified atom stereocenters. The Morgan fingerprint density at radius 3 is 1.36 bits per heavy atom. The molecule has 0 radical (unpaired) electrons. The monoisotopic (exact) mass is 438 g/mol. The molecule has 0 saturated carbocycles. The van der Waals surface area contributed by atoms with Gasteiger partial charge in [0.15, 0.2) is 0 Å². The van der Waals surface area contributed by atoms with E-state index in [0.29, 0.717) is 0 Å². The molecule has 0 N–H and O–H groups in total. The van der Waals surface area contributed by atoms with Gasteiger partial charge in [0, 0.05) is 21.6 Å². The molecular weight excluding hydrogens is 422 g/mol. The van der Waals surface area contributed by atoms with Gasteiger partial charge < -0.3 is 0 Å². The summed E-state index contributed by atoms with van der Waals surface area (Å²) in [4.78, 5) is 12.2. The highest BCUT2D eigenvalue weighted by molar-refractivity contribution is 7.80. The lowest BCUT2D eigenvalue weighted by molar-refractivity contribution is -0.140. The first-order chi connectivity index (χ1) is 12.7. The number of alkyl halides is 6. The Bertz CT molecular complexity index is 817. The maximum Gasteiger partial charge on any atom is 0.417 e. The number of Topliss-reactive ketones (excluding diaryl/α,β-unsaturated/α-hetero) is 1. The third-order valence-corrected chi connectivity index (χ3v) is 5.29. The van der Waals surface area contributed by atoms with Crippen LogP contribution in [0.25, 0.3) is 0 Å². The molecule has 2 aromatic carbocycles. The minimum absolute atomic E-state index is 0.115. The SMILES string of the molecule is CC(C(=O)C(C)c1ccc(S)c(C(F)(F)F)c1)c1ccc(S)c(C(F)(F)F)c1. The van der Waals surface area contributed by atoms with E-state index in [9.17, 15) is 31.1 Å². The predicted octanol–water partition coefficient (Wildman–Crippen LogP) is 6.78. The predicted molar refractivity (Wildman–Crippen MR) is 99.2 cm³/mol. The summed E-state index contributed by atoms with van der Waals surface area (Å²) in [6, 6.07) is 6.68. The van der Waals surface area contributed by atoms with Crippen LogP contribution in [0.1, 0.15) is 47.9 Å². The average Bonchev–Trinajstić information content (AvgIpc) is 2.58. The quantitative estimate of drug-likeness (QED) is 0.398. The number of thiol groups is 2. The largest absolute Gasteiger partial charge is 0.417 e. The van der Waals surface area contributed by atoms with Crippen molar-refractivity contribution in [1.82, 2.24) is 0 Å². The van der Waals surface area contributed by atoms with Gasteiger partial charge in [0.05, 0.1) is 11.1 Å². The van der Waals surface area contributed by atoms with E-state index in [0.717, 1.165) is 24.3 Å². The third-order valence-electron chi connectivity index (χ3n) is 4.51. The number of carbonyl (C=O) groups excluding carboxylic acids is 1. The molecule has 0 aromatic heterocycles. The summed E-state index contributed by atoms with van der Waals surface area (Å²) >= 11 is 7.57. The van der Waals surface area contributed by atoms with E-state index in [2.05, 4.69) is 25.3 Å². The highest BCUT2D eigenvalue weighted by Crippen LogP contribution is 2.38. The number of carbonyl (C=O) groups is 1. The van der Waals surface area contributed by atoms with E-state index in [4.69, 9.17) is 0 Å². The number of halogens is 6. The second kappa shape index (κ2) is 8.02. The van der Waals surface area contributed by atoms with Crippen LogP contribution in [0, 0.1) is 0 Å². The van der Waals surface area contributed by atoms with Crippen LogP contribution in [0.3, 0.4) is 0 Å². The highest BCUT2D eigenvalue weighted by atomic mass is 32.1. The van der Waals surface area contributed by atoms with Crippen LogP contribution < -0.4 is 0 Å². The fourth-order valence-corrected chi connectivity index (χ4v) is 3.34. The molecule has 0 bridgehead atoms. The Balaban J connectivity index is 2.36. The van der Waals surface area contributed by atoms with Crippen molar-refractivity contribution in [2.45, 2.75) is 47.8 Å². The lowest BCUT2D eigenvalue weighted by atomic mass is 9.85. The van der Waals surface area contributed by atoms with E-state index in [1.165, 1.54) is 26.0 Å². The molecule has 0 aliphatic heterocycles. The smallest absolute Gasteiger partial charge is 0.298 e. The normalized spacial score (nSPS) is 14.6. The summed E-state index contributed by atoms with van der Waals surface area (Å²) in [5.74, 6) is -2.40. The average molecular weight is 438 g/mol. The Morgan fingerprint density at radius 2 is 1.07 bits per heavy atom. The van der Waals surface area contributed by atoms with Crippen molar-refractivity contribution in [2.75, 3.05) is 0 Å². The van der Waals surface area contributed by atoms with Crippen LogP contribution >= 0.6 is 25.3 Å². The van der Waals surface area contributed by atoms with Crippen molar-refractivity contribution in [3.05, 3.63) is 58.7 Å². The molecule has 2 atom stereocenters. The second-order valence-electron chi connectivity index (χ2n) is 6.39. The molecule has 0 saturated heterocycles. The van der Waals surface area contributed by atoms with E-state index in [-0.39, 0.29) is 20.9 Å². The minimum Gasteiger partial charge on any atom is -0.298 e. The molecule has 28 heavy (non-hydrogen) atoms. The number of hydrogen-bond donors (Lipinski definition) is 2. The van der Waals surface area contributed by atoms with Crippen LogP contribution in [-0.4, -0.2) is 5.78 Å². The van der Waals surface area contributed by atoms with E-state index in [1.807, 2.05) is 0 Å². The van der Waals surface area contributed by atoms with Crippen molar-refractivity contribution >= 4 is 31.0 Å². The van der Waals surface area contributed by atoms with Gasteiger partial charge in [-0.3, -0.25) is 4.79 Å². The maximum atomic E-state index is 13.1. The van der Waals surface area contributed by atoms with E-state index < -0.39 is 41.1 Å². The zero-order valence-electron chi connectivity index (χ0n) is 14.7. The van der Waals surface area contributed by atoms with Crippen LogP contribution in [0.5, 0.6) is 0 Å². The molecule has 2 rings (SSSR count). The number of benzene rings is 2. The van der Waals surface area contributed by atoms with Gasteiger partial charge >= 0.3 is 12.4 Å². The molecule has 2 aromatic rings. The van der Waals surface area contributed by atoms with Crippen molar-refractivity contribution in [2.24, 2.45) is 0 Å². The van der Waals surface area contributed by atoms with Crippen LogP contribution in [0.2, 0.25) is 0 Å². The van der Waals surface area contributed by atoms with Gasteiger partial charge in [-0.2, -0.15) is 26.3 Å². The van der Waals surface area contributed by atoms with Crippen LogP contribution in [-0.2, 0) is 17.1 Å². The summed E-state index contributed by atoms with van der Waals surface area (Å²) in [6.45, 7) is 2.84. The standard InChI is InChI=1S/C19H16F6OS2/c1-9(11-3-5-15(27)13(7-11)18(20,21)22)17(26)10(2)12-4-6-16(28)14(8-12)19(23,24)25/h3-10,27-28H,1-2H3. The zero-order chi connectivity index (χ0) is 21.4. The van der Waals surface area contributed by atoms with Gasteiger partial charge in [-0.1, -0.05) is 26.0 Å². The first kappa shape index (κ1) is 22.7. The molecule has 152 valence electrons. The van der Waals surface area contributed by atoms with Crippen molar-refractivity contribution in [3.8, 4) is 0 Å². The molecule has 0 heterocycles. The van der Waals surface area contributed by atoms with Crippen molar-refractivity contribution in [3.63, 3.8) is 0 Å². The van der Waals surface area contributed by atoms with Gasteiger partial charge in [-0.05, 0) is 35.4 Å². The summed E-state index contributed by atoms with van der Waals surface area (Å²) in [5.41, 5.74) is -1.72. The van der Waals surface area contributed by atoms with E-state index >= 15 is 0 Å². The summed E-state index contributed by atoms with van der Waals surface area (Å²) in [5, 5.41) is 0. The summed E-state index contributed by atoms with van der Waals surface area (Å²) in [6.07, 6.45) is -9.27. The van der Waals surface area contributed by atoms with Gasteiger partial charge in [0.1, 0.15) is 5.78 Å². The van der Waals surface area contributed by atoms with Gasteiger partial charge in [-0.25, -0.2) is 0 Å². The minimum atomic E-state index is -4.63. The molecular formula is C19H16F6OS2. The molecule has 0 amide bonds. The molecule has 0 spiro atoms. The van der Waals surface area contributed by atoms with Crippen molar-refractivity contribution in [1.29, 1.82) is 0 Å². The zero-order valence-corrected chi connectivity index (χ0v) is 16.5. The number of rotatable bonds is 4. The summed E-state index contributed by atoms with van der Waals surface area (Å²) < 4.78 is 78.4. The maximum absolute atomic E-state index is 13.1. The highest BCUT2D eigenvalue weighted by Gasteiger charge is 2.35. The fourth-order valence-electron chi connectivity index (χ4n) is 2.80. The molecule has 0 aliphatic carbocycles. The van der Waals surface area contributed by atoms with E-state index in [1.54, 1.807) is 0 Å². The Hall–Kier alpha value is -1.61. The second-order valence-corrected chi connectivity index (χ2v) is 7.36. The van der Waals surface area contributed by atoms with Crippen LogP contribution in [0.15, 0.2) is 46.2 Å². The van der Waals surface area contributed by atoms with Gasteiger partial charge in [0.25, 0.3) is 0 Å². The molecule has 0 aliphatic rings.